The molecule has 0 bridgehead atoms. The van der Waals surface area contributed by atoms with E-state index in [1.165, 1.54) is 20.1 Å². The number of nitrogens with zero attached hydrogens (tertiary/aromatic N) is 6. The van der Waals surface area contributed by atoms with E-state index in [0.717, 1.165) is 17.7 Å². The molecule has 3 rings (SSSR count). The van der Waals surface area contributed by atoms with E-state index in [0.29, 0.717) is 36.5 Å². The van der Waals surface area contributed by atoms with Gasteiger partial charge in [-0.15, -0.1) is 10.2 Å². The average molecular weight is 550 g/mol. The number of nitro groups is 2. The number of nitrogens with one attached hydrogen (secondary N) is 1. The number of amides is 1. The van der Waals surface area contributed by atoms with Gasteiger partial charge in [0.25, 0.3) is 5.69 Å². The molecule has 0 saturated carbocycles. The monoisotopic (exact) mass is 549 g/mol. The number of carbonyl (C=O) groups excluding carboxylic acids is 1. The third kappa shape index (κ3) is 7.05. The fourth-order valence-electron chi connectivity index (χ4n) is 3.66. The summed E-state index contributed by atoms with van der Waals surface area (Å²) in [6.07, 6.45) is 0. The van der Waals surface area contributed by atoms with Crippen LogP contribution in [0.2, 0.25) is 0 Å². The number of hydrogen-bond donors (Lipinski definition) is 1. The maximum atomic E-state index is 12.0. The molecule has 0 fully saturated rings. The summed E-state index contributed by atoms with van der Waals surface area (Å²) in [5.74, 6) is 0.0315. The molecule has 0 aliphatic rings. The molecule has 0 spiro atoms. The molecule has 13 nitrogen and oxygen atoms in total. The molecule has 1 N–H and O–H groups in total. The van der Waals surface area contributed by atoms with Crippen molar-refractivity contribution in [3.63, 3.8) is 0 Å². The first-order valence-corrected chi connectivity index (χ1v) is 12.2. The van der Waals surface area contributed by atoms with Crippen LogP contribution in [0.4, 0.5) is 34.1 Å². The number of methoxy groups -OCH3 is 1. The lowest BCUT2D eigenvalue weighted by Gasteiger charge is -2.26. The molecule has 0 aliphatic heterocycles. The highest BCUT2D eigenvalue weighted by molar-refractivity contribution is 8.01. The Bertz CT molecular complexity index is 1470. The van der Waals surface area contributed by atoms with Gasteiger partial charge in [-0.1, -0.05) is 30.3 Å². The fraction of sp³-hybridized carbons (Fsp3) is 0.200. The van der Waals surface area contributed by atoms with Crippen molar-refractivity contribution in [1.29, 1.82) is 0 Å². The smallest absolute Gasteiger partial charge is 0.303 e. The van der Waals surface area contributed by atoms with E-state index in [4.69, 9.17) is 11.3 Å². The molecule has 0 radical (unpaired) electrons. The van der Waals surface area contributed by atoms with Crippen LogP contribution in [-0.4, -0.2) is 29.4 Å². The number of ether oxygens (including phenoxy) is 1. The number of azo groups is 1. The number of anilines is 2. The van der Waals surface area contributed by atoms with Crippen LogP contribution in [0.3, 0.4) is 0 Å². The minimum atomic E-state index is -0.825. The molecule has 0 unspecified atom stereocenters. The first kappa shape index (κ1) is 28.5. The van der Waals surface area contributed by atoms with Crippen molar-refractivity contribution in [2.24, 2.45) is 10.2 Å². The van der Waals surface area contributed by atoms with Crippen LogP contribution >= 0.6 is 11.9 Å². The van der Waals surface area contributed by atoms with E-state index in [1.807, 2.05) is 42.2 Å². The van der Waals surface area contributed by atoms with Gasteiger partial charge in [-0.3, -0.25) is 25.0 Å². The van der Waals surface area contributed by atoms with Crippen molar-refractivity contribution in [2.75, 3.05) is 23.9 Å². The van der Waals surface area contributed by atoms with Gasteiger partial charge in [0.1, 0.15) is 11.4 Å². The first-order valence-electron chi connectivity index (χ1n) is 11.4. The molecule has 39 heavy (non-hydrogen) atoms. The van der Waals surface area contributed by atoms with Gasteiger partial charge in [0.15, 0.2) is 10.6 Å². The van der Waals surface area contributed by atoms with Gasteiger partial charge >= 0.3 is 17.6 Å². The highest BCUT2D eigenvalue weighted by Gasteiger charge is 2.27. The van der Waals surface area contributed by atoms with Gasteiger partial charge in [0.2, 0.25) is 5.91 Å². The van der Waals surface area contributed by atoms with Gasteiger partial charge in [-0.05, 0) is 18.6 Å². The number of carbonyl (C=O) groups is 1. The average Bonchev–Trinajstić information content (AvgIpc) is 2.91. The van der Waals surface area contributed by atoms with Gasteiger partial charge in [-0.25, -0.2) is 10.8 Å². The zero-order chi connectivity index (χ0) is 28.5. The maximum absolute atomic E-state index is 12.0. The summed E-state index contributed by atoms with van der Waals surface area (Å²) in [5.41, 5.74) is 0.581. The second kappa shape index (κ2) is 13.0. The molecule has 3 aromatic carbocycles. The van der Waals surface area contributed by atoms with Gasteiger partial charge in [-0.2, -0.15) is 0 Å². The molecular formula is C25H23N7O6S. The van der Waals surface area contributed by atoms with Crippen molar-refractivity contribution >= 4 is 52.0 Å². The third-order valence-corrected chi connectivity index (χ3v) is 6.02. The summed E-state index contributed by atoms with van der Waals surface area (Å²) in [4.78, 5) is 35.3. The minimum Gasteiger partial charge on any atom is -0.494 e. The predicted molar refractivity (Wildman–Crippen MR) is 147 cm³/mol. The molecule has 0 aliphatic carbocycles. The van der Waals surface area contributed by atoms with Crippen molar-refractivity contribution in [1.82, 2.24) is 0 Å². The molecule has 14 heteroatoms. The van der Waals surface area contributed by atoms with E-state index in [2.05, 4.69) is 19.8 Å². The Morgan fingerprint density at radius 2 is 1.74 bits per heavy atom. The first-order chi connectivity index (χ1) is 18.7. The third-order valence-electron chi connectivity index (χ3n) is 5.41. The van der Waals surface area contributed by atoms with Crippen molar-refractivity contribution < 1.29 is 19.4 Å². The van der Waals surface area contributed by atoms with Crippen molar-refractivity contribution in [3.05, 3.63) is 91.2 Å². The summed E-state index contributed by atoms with van der Waals surface area (Å²) >= 11 is 0.456. The lowest BCUT2D eigenvalue weighted by atomic mass is 10.1. The van der Waals surface area contributed by atoms with Crippen LogP contribution in [0, 0.1) is 26.8 Å². The lowest BCUT2D eigenvalue weighted by Crippen LogP contribution is -2.23. The molecule has 0 saturated heterocycles. The summed E-state index contributed by atoms with van der Waals surface area (Å²) in [6, 6.07) is 14.8. The summed E-state index contributed by atoms with van der Waals surface area (Å²) in [5, 5.41) is 33.8. The van der Waals surface area contributed by atoms with E-state index in [1.54, 1.807) is 6.07 Å². The normalized spacial score (nSPS) is 10.6. The largest absolute Gasteiger partial charge is 0.494 e. The fourth-order valence-corrected chi connectivity index (χ4v) is 4.15. The molecule has 3 aromatic rings. The van der Waals surface area contributed by atoms with E-state index >= 15 is 0 Å². The summed E-state index contributed by atoms with van der Waals surface area (Å²) in [7, 11) is 1.48. The van der Waals surface area contributed by atoms with Gasteiger partial charge in [0, 0.05) is 32.1 Å². The quantitative estimate of drug-likeness (QED) is 0.0895. The van der Waals surface area contributed by atoms with Crippen LogP contribution in [0.5, 0.6) is 5.75 Å². The Kier molecular flexibility index (Phi) is 9.49. The van der Waals surface area contributed by atoms with Crippen LogP contribution < -0.4 is 15.0 Å². The van der Waals surface area contributed by atoms with Crippen LogP contribution in [0.25, 0.3) is 4.25 Å². The number of rotatable bonds is 11. The van der Waals surface area contributed by atoms with Crippen LogP contribution in [-0.2, 0) is 11.3 Å². The van der Waals surface area contributed by atoms with Crippen molar-refractivity contribution in [3.8, 4) is 5.75 Å². The maximum Gasteiger partial charge on any atom is 0.303 e. The Morgan fingerprint density at radius 3 is 2.31 bits per heavy atom. The molecule has 0 heterocycles. The Labute approximate surface area is 227 Å². The zero-order valence-electron chi connectivity index (χ0n) is 21.2. The van der Waals surface area contributed by atoms with Gasteiger partial charge < -0.3 is 15.0 Å². The van der Waals surface area contributed by atoms with Crippen LogP contribution in [0.1, 0.15) is 19.4 Å². The van der Waals surface area contributed by atoms with Gasteiger partial charge in [0.05, 0.1) is 34.4 Å². The predicted octanol–water partition coefficient (Wildman–Crippen LogP) is 6.84. The molecular weight excluding hydrogens is 526 g/mol. The number of benzene rings is 3. The molecule has 0 aromatic heterocycles. The van der Waals surface area contributed by atoms with Crippen LogP contribution in [0.15, 0.2) is 69.7 Å². The van der Waals surface area contributed by atoms with E-state index in [-0.39, 0.29) is 27.9 Å². The zero-order valence-corrected chi connectivity index (χ0v) is 22.0. The Hall–Kier alpha value is -5.03. The molecule has 1 amide bonds. The topological polar surface area (TPSA) is 157 Å². The second-order valence-corrected chi connectivity index (χ2v) is 8.73. The highest BCUT2D eigenvalue weighted by Crippen LogP contribution is 2.43. The minimum absolute atomic E-state index is 0.121. The molecule has 200 valence electrons. The molecule has 0 atom stereocenters. The lowest BCUT2D eigenvalue weighted by molar-refractivity contribution is -0.395. The van der Waals surface area contributed by atoms with E-state index in [9.17, 15) is 25.0 Å². The van der Waals surface area contributed by atoms with Crippen molar-refractivity contribution in [2.45, 2.75) is 25.3 Å². The highest BCUT2D eigenvalue weighted by atomic mass is 32.2. The standard InChI is InChI=1S/C25H23N7O6S/c1-5-30(15-17-9-7-6-8-10-17)22-11-18(27-16(2)33)19(12-24(22)38-4)28-29-20-13-25(39-26-3)23(32(36)37)14-21(20)31(34)35/h6-14H,5,15H2,1-2,4H3,(H,27,33). The summed E-state index contributed by atoms with van der Waals surface area (Å²) < 4.78 is 8.67. The summed E-state index contributed by atoms with van der Waals surface area (Å²) in [6.45, 7) is 11.5. The number of hydrogen-bond acceptors (Lipinski definition) is 10. The second-order valence-electron chi connectivity index (χ2n) is 7.93. The van der Waals surface area contributed by atoms with E-state index < -0.39 is 21.2 Å². The SMILES string of the molecule is [C-]#[N+]Sc1cc(N=Nc2cc(OC)c(N(CC)Cc3ccccc3)cc2NC(C)=O)c([N+](=O)[O-])cc1[N+](=O)[O-]. The number of nitro benzene ring substituents is 2. The Balaban J connectivity index is 2.13. The Morgan fingerprint density at radius 1 is 1.08 bits per heavy atom.